The average molecular weight is 236 g/mol. The monoisotopic (exact) mass is 236 g/mol. The molecule has 0 aromatic rings. The van der Waals surface area contributed by atoms with Gasteiger partial charge in [0.1, 0.15) is 0 Å². The first kappa shape index (κ1) is 12.0. The van der Waals surface area contributed by atoms with Gasteiger partial charge in [-0.25, -0.2) is 0 Å². The molecule has 0 aromatic heterocycles. The van der Waals surface area contributed by atoms with Gasteiger partial charge in [-0.05, 0) is 50.9 Å². The molecule has 4 atom stereocenters. The lowest BCUT2D eigenvalue weighted by Crippen LogP contribution is -2.58. The summed E-state index contributed by atoms with van der Waals surface area (Å²) >= 11 is 0. The average Bonchev–Trinajstić information content (AvgIpc) is 2.93. The zero-order valence-corrected chi connectivity index (χ0v) is 11.7. The van der Waals surface area contributed by atoms with Crippen LogP contribution >= 0.6 is 0 Å². The van der Waals surface area contributed by atoms with E-state index >= 15 is 0 Å². The number of nitrogens with zero attached hydrogens (tertiary/aromatic N) is 1. The third-order valence-corrected chi connectivity index (χ3v) is 5.35. The van der Waals surface area contributed by atoms with Crippen LogP contribution in [0, 0.1) is 17.8 Å². The second-order valence-electron chi connectivity index (χ2n) is 7.01. The van der Waals surface area contributed by atoms with E-state index < -0.39 is 0 Å². The number of hydrogen-bond donors (Lipinski definition) is 1. The molecule has 2 aliphatic carbocycles. The molecule has 3 fully saturated rings. The zero-order chi connectivity index (χ0) is 12.0. The fourth-order valence-corrected chi connectivity index (χ4v) is 3.97. The molecule has 4 unspecified atom stereocenters. The summed E-state index contributed by atoms with van der Waals surface area (Å²) in [6.07, 6.45) is 5.81. The Morgan fingerprint density at radius 3 is 2.18 bits per heavy atom. The van der Waals surface area contributed by atoms with E-state index in [0.717, 1.165) is 35.9 Å². The molecule has 1 N–H and O–H groups in total. The summed E-state index contributed by atoms with van der Waals surface area (Å²) in [5.41, 5.74) is 0. The maximum Gasteiger partial charge on any atom is 0.0151 e. The zero-order valence-electron chi connectivity index (χ0n) is 11.7. The summed E-state index contributed by atoms with van der Waals surface area (Å²) in [6.45, 7) is 9.77. The number of likely N-dealkylation sites (tertiary alicyclic amines) is 1. The number of piperidine rings is 1. The Labute approximate surface area is 106 Å². The molecule has 3 aliphatic rings. The number of nitrogens with one attached hydrogen (secondary N) is 1. The van der Waals surface area contributed by atoms with Gasteiger partial charge in [0.2, 0.25) is 0 Å². The van der Waals surface area contributed by atoms with Gasteiger partial charge in [-0.15, -0.1) is 0 Å². The minimum absolute atomic E-state index is 0.735. The van der Waals surface area contributed by atoms with Crippen molar-refractivity contribution in [3.8, 4) is 0 Å². The predicted molar refractivity (Wildman–Crippen MR) is 72.0 cm³/mol. The van der Waals surface area contributed by atoms with Gasteiger partial charge in [-0.1, -0.05) is 13.3 Å². The third kappa shape index (κ3) is 2.39. The molecule has 0 aromatic carbocycles. The first-order valence-corrected chi connectivity index (χ1v) is 7.65. The minimum atomic E-state index is 0.735. The molecule has 3 rings (SSSR count). The fourth-order valence-electron chi connectivity index (χ4n) is 3.97. The van der Waals surface area contributed by atoms with Crippen LogP contribution in [0.3, 0.4) is 0 Å². The van der Waals surface area contributed by atoms with Crippen LogP contribution in [0.2, 0.25) is 0 Å². The molecule has 98 valence electrons. The topological polar surface area (TPSA) is 15.3 Å². The molecular formula is C15H28N2. The van der Waals surface area contributed by atoms with Crippen molar-refractivity contribution in [3.63, 3.8) is 0 Å². The summed E-state index contributed by atoms with van der Waals surface area (Å²) in [6, 6.07) is 2.43. The van der Waals surface area contributed by atoms with Gasteiger partial charge < -0.3 is 10.2 Å². The van der Waals surface area contributed by atoms with E-state index in [2.05, 4.69) is 31.0 Å². The van der Waals surface area contributed by atoms with Gasteiger partial charge in [0.05, 0.1) is 0 Å². The normalized spacial score (nSPS) is 46.2. The number of rotatable bonds is 3. The minimum Gasteiger partial charge on any atom is -0.310 e. The lowest BCUT2D eigenvalue weighted by Gasteiger charge is -2.49. The lowest BCUT2D eigenvalue weighted by molar-refractivity contribution is 0.0285. The van der Waals surface area contributed by atoms with Crippen LogP contribution in [0.1, 0.15) is 46.5 Å². The molecule has 17 heavy (non-hydrogen) atoms. The molecule has 2 heteroatoms. The van der Waals surface area contributed by atoms with Crippen LogP contribution < -0.4 is 5.32 Å². The molecule has 1 heterocycles. The van der Waals surface area contributed by atoms with E-state index in [0.29, 0.717) is 0 Å². The Kier molecular flexibility index (Phi) is 3.20. The summed E-state index contributed by atoms with van der Waals surface area (Å²) in [5.74, 6) is 2.80. The van der Waals surface area contributed by atoms with Crippen LogP contribution in [-0.2, 0) is 0 Å². The number of hydrogen-bond acceptors (Lipinski definition) is 2. The Bertz CT molecular complexity index is 262. The van der Waals surface area contributed by atoms with Crippen molar-refractivity contribution in [1.82, 2.24) is 10.2 Å². The smallest absolute Gasteiger partial charge is 0.0151 e. The van der Waals surface area contributed by atoms with Crippen LogP contribution in [0.15, 0.2) is 0 Å². The molecule has 0 radical (unpaired) electrons. The van der Waals surface area contributed by atoms with E-state index in [9.17, 15) is 0 Å². The van der Waals surface area contributed by atoms with E-state index in [1.807, 2.05) is 0 Å². The summed E-state index contributed by atoms with van der Waals surface area (Å²) in [5, 5.41) is 3.98. The molecule has 0 amide bonds. The summed E-state index contributed by atoms with van der Waals surface area (Å²) in [7, 11) is 0. The molecule has 2 nitrogen and oxygen atoms in total. The Morgan fingerprint density at radius 2 is 1.71 bits per heavy atom. The molecule has 1 saturated heterocycles. The third-order valence-electron chi connectivity index (χ3n) is 5.35. The molecule has 2 bridgehead atoms. The molecule has 2 saturated carbocycles. The Balaban J connectivity index is 1.65. The summed E-state index contributed by atoms with van der Waals surface area (Å²) < 4.78 is 0. The predicted octanol–water partition coefficient (Wildman–Crippen LogP) is 2.49. The van der Waals surface area contributed by atoms with Crippen LogP contribution in [0.4, 0.5) is 0 Å². The van der Waals surface area contributed by atoms with Crippen molar-refractivity contribution in [3.05, 3.63) is 0 Å². The van der Waals surface area contributed by atoms with Crippen LogP contribution in [0.25, 0.3) is 0 Å². The first-order valence-electron chi connectivity index (χ1n) is 7.65. The van der Waals surface area contributed by atoms with E-state index in [1.165, 1.54) is 38.8 Å². The van der Waals surface area contributed by atoms with Crippen LogP contribution in [-0.4, -0.2) is 36.1 Å². The van der Waals surface area contributed by atoms with Crippen molar-refractivity contribution < 1.29 is 0 Å². The SMILES string of the molecule is CC1CC1NC1C2CCCC1CN(C(C)C)C2. The Hall–Kier alpha value is -0.0800. The van der Waals surface area contributed by atoms with Gasteiger partial charge in [-0.2, -0.15) is 0 Å². The van der Waals surface area contributed by atoms with Crippen molar-refractivity contribution in [2.24, 2.45) is 17.8 Å². The molecular weight excluding hydrogens is 208 g/mol. The van der Waals surface area contributed by atoms with Crippen molar-refractivity contribution in [2.75, 3.05) is 13.1 Å². The van der Waals surface area contributed by atoms with Crippen LogP contribution in [0.5, 0.6) is 0 Å². The number of fused-ring (bicyclic) bond motifs is 2. The molecule has 0 spiro atoms. The van der Waals surface area contributed by atoms with Crippen molar-refractivity contribution >= 4 is 0 Å². The quantitative estimate of drug-likeness (QED) is 0.810. The maximum atomic E-state index is 3.98. The highest BCUT2D eigenvalue weighted by Crippen LogP contribution is 2.39. The van der Waals surface area contributed by atoms with E-state index in [1.54, 1.807) is 0 Å². The van der Waals surface area contributed by atoms with Gasteiger partial charge in [-0.3, -0.25) is 0 Å². The second-order valence-corrected chi connectivity index (χ2v) is 7.01. The second kappa shape index (κ2) is 4.55. The standard InChI is InChI=1S/C15H28N2/c1-10(2)17-8-12-5-4-6-13(9-17)15(12)16-14-7-11(14)3/h10-16H,4-9H2,1-3H3. The van der Waals surface area contributed by atoms with Crippen molar-refractivity contribution in [1.29, 1.82) is 0 Å². The van der Waals surface area contributed by atoms with Crippen molar-refractivity contribution in [2.45, 2.75) is 64.6 Å². The maximum absolute atomic E-state index is 3.98. The fraction of sp³-hybridized carbons (Fsp3) is 1.00. The first-order chi connectivity index (χ1) is 8.15. The van der Waals surface area contributed by atoms with E-state index in [4.69, 9.17) is 0 Å². The van der Waals surface area contributed by atoms with E-state index in [-0.39, 0.29) is 0 Å². The van der Waals surface area contributed by atoms with Gasteiger partial charge in [0, 0.05) is 31.2 Å². The lowest BCUT2D eigenvalue weighted by atomic mass is 9.73. The largest absolute Gasteiger partial charge is 0.310 e. The highest BCUT2D eigenvalue weighted by atomic mass is 15.2. The van der Waals surface area contributed by atoms with Gasteiger partial charge in [0.15, 0.2) is 0 Å². The highest BCUT2D eigenvalue weighted by Gasteiger charge is 2.43. The molecule has 1 aliphatic heterocycles. The summed E-state index contributed by atoms with van der Waals surface area (Å²) in [4.78, 5) is 2.71. The van der Waals surface area contributed by atoms with Gasteiger partial charge >= 0.3 is 0 Å². The van der Waals surface area contributed by atoms with Gasteiger partial charge in [0.25, 0.3) is 0 Å². The Morgan fingerprint density at radius 1 is 1.12 bits per heavy atom. The highest BCUT2D eigenvalue weighted by molar-refractivity contribution is 5.00.